The zero-order valence-corrected chi connectivity index (χ0v) is 16.0. The number of hydrogen-bond acceptors (Lipinski definition) is 3. The average Bonchev–Trinajstić information content (AvgIpc) is 2.60. The number of benzene rings is 1. The lowest BCUT2D eigenvalue weighted by molar-refractivity contribution is 0.115. The molecule has 4 N–H and O–H groups in total. The van der Waals surface area contributed by atoms with Crippen molar-refractivity contribution in [3.63, 3.8) is 0 Å². The van der Waals surface area contributed by atoms with Crippen LogP contribution >= 0.6 is 12.4 Å². The van der Waals surface area contributed by atoms with Crippen molar-refractivity contribution in [2.45, 2.75) is 76.7 Å². The number of unbranched alkanes of at least 4 members (excludes halogenated alkanes) is 6. The summed E-state index contributed by atoms with van der Waals surface area (Å²) < 4.78 is 0. The first-order chi connectivity index (χ1) is 11.1. The zero-order chi connectivity index (χ0) is 17.0. The standard InChI is InChI=1S/C20H35NO2.ClH/c1-2-3-4-5-6-7-8-9-18-10-12-19(13-11-18)14-15-20(21,16-22)17-23;/h10-13,22-23H,2-9,14-17,21H2,1H3;1H. The number of aryl methyl sites for hydroxylation is 2. The van der Waals surface area contributed by atoms with E-state index in [1.165, 1.54) is 56.1 Å². The molecule has 0 amide bonds. The van der Waals surface area contributed by atoms with Crippen LogP contribution in [0.3, 0.4) is 0 Å². The van der Waals surface area contributed by atoms with E-state index in [-0.39, 0.29) is 25.6 Å². The molecule has 0 radical (unpaired) electrons. The Hall–Kier alpha value is -0.610. The van der Waals surface area contributed by atoms with Crippen molar-refractivity contribution in [1.82, 2.24) is 0 Å². The van der Waals surface area contributed by atoms with Gasteiger partial charge >= 0.3 is 0 Å². The molecule has 24 heavy (non-hydrogen) atoms. The normalized spacial score (nSPS) is 11.3. The second-order valence-electron chi connectivity index (χ2n) is 6.87. The van der Waals surface area contributed by atoms with Crippen LogP contribution in [0.25, 0.3) is 0 Å². The molecule has 0 saturated heterocycles. The Labute approximate surface area is 154 Å². The van der Waals surface area contributed by atoms with Crippen LogP contribution in [-0.4, -0.2) is 29.0 Å². The van der Waals surface area contributed by atoms with Gasteiger partial charge in [0.25, 0.3) is 0 Å². The summed E-state index contributed by atoms with van der Waals surface area (Å²) in [5, 5.41) is 18.4. The van der Waals surface area contributed by atoms with Gasteiger partial charge in [-0.05, 0) is 36.8 Å². The van der Waals surface area contributed by atoms with Crippen molar-refractivity contribution in [2.24, 2.45) is 5.73 Å². The van der Waals surface area contributed by atoms with Crippen LogP contribution < -0.4 is 5.73 Å². The minimum atomic E-state index is -0.865. The van der Waals surface area contributed by atoms with Gasteiger partial charge in [0.15, 0.2) is 0 Å². The topological polar surface area (TPSA) is 66.5 Å². The van der Waals surface area contributed by atoms with Crippen LogP contribution in [0.5, 0.6) is 0 Å². The van der Waals surface area contributed by atoms with Gasteiger partial charge in [-0.1, -0.05) is 69.7 Å². The van der Waals surface area contributed by atoms with Gasteiger partial charge in [-0.3, -0.25) is 0 Å². The van der Waals surface area contributed by atoms with Crippen molar-refractivity contribution >= 4 is 12.4 Å². The molecule has 0 aliphatic rings. The smallest absolute Gasteiger partial charge is 0.0633 e. The Kier molecular flexibility index (Phi) is 13.3. The lowest BCUT2D eigenvalue weighted by atomic mass is 9.93. The van der Waals surface area contributed by atoms with E-state index in [9.17, 15) is 10.2 Å². The van der Waals surface area contributed by atoms with Crippen LogP contribution in [0.4, 0.5) is 0 Å². The number of nitrogens with two attached hydrogens (primary N) is 1. The third-order valence-corrected chi connectivity index (χ3v) is 4.63. The summed E-state index contributed by atoms with van der Waals surface area (Å²) in [5.74, 6) is 0. The Morgan fingerprint density at radius 2 is 1.25 bits per heavy atom. The van der Waals surface area contributed by atoms with Crippen LogP contribution in [0.1, 0.15) is 69.4 Å². The first kappa shape index (κ1) is 23.4. The molecule has 3 nitrogen and oxygen atoms in total. The van der Waals surface area contributed by atoms with Crippen molar-refractivity contribution in [3.05, 3.63) is 35.4 Å². The summed E-state index contributed by atoms with van der Waals surface area (Å²) in [6.07, 6.45) is 11.9. The molecule has 0 heterocycles. The minimum absolute atomic E-state index is 0. The molecular weight excluding hydrogens is 322 g/mol. The van der Waals surface area contributed by atoms with E-state index >= 15 is 0 Å². The summed E-state index contributed by atoms with van der Waals surface area (Å²) in [6.45, 7) is 1.89. The van der Waals surface area contributed by atoms with Crippen LogP contribution in [0, 0.1) is 0 Å². The molecule has 0 saturated carbocycles. The van der Waals surface area contributed by atoms with Gasteiger partial charge in [-0.25, -0.2) is 0 Å². The molecule has 1 aromatic rings. The van der Waals surface area contributed by atoms with Crippen LogP contribution in [0.15, 0.2) is 24.3 Å². The quantitative estimate of drug-likeness (QED) is 0.467. The molecule has 0 spiro atoms. The third kappa shape index (κ3) is 9.63. The van der Waals surface area contributed by atoms with Gasteiger partial charge in [-0.15, -0.1) is 12.4 Å². The lowest BCUT2D eigenvalue weighted by Gasteiger charge is -2.24. The molecule has 4 heteroatoms. The van der Waals surface area contributed by atoms with Crippen molar-refractivity contribution in [2.75, 3.05) is 13.2 Å². The van der Waals surface area contributed by atoms with E-state index in [1.807, 2.05) is 0 Å². The summed E-state index contributed by atoms with van der Waals surface area (Å²) in [5.41, 5.74) is 7.64. The lowest BCUT2D eigenvalue weighted by Crippen LogP contribution is -2.47. The number of aliphatic hydroxyl groups is 2. The average molecular weight is 358 g/mol. The zero-order valence-electron chi connectivity index (χ0n) is 15.2. The summed E-state index contributed by atoms with van der Waals surface area (Å²) in [7, 11) is 0. The first-order valence-corrected chi connectivity index (χ1v) is 9.22. The van der Waals surface area contributed by atoms with Gasteiger partial charge in [0.2, 0.25) is 0 Å². The SMILES string of the molecule is CCCCCCCCCc1ccc(CCC(N)(CO)CO)cc1.Cl. The van der Waals surface area contributed by atoms with E-state index in [2.05, 4.69) is 31.2 Å². The number of aliphatic hydroxyl groups excluding tert-OH is 2. The molecule has 140 valence electrons. The first-order valence-electron chi connectivity index (χ1n) is 9.22. The maximum atomic E-state index is 9.21. The van der Waals surface area contributed by atoms with Gasteiger partial charge in [-0.2, -0.15) is 0 Å². The predicted octanol–water partition coefficient (Wildman–Crippen LogP) is 4.02. The fourth-order valence-corrected chi connectivity index (χ4v) is 2.76. The highest BCUT2D eigenvalue weighted by Gasteiger charge is 2.22. The molecule has 0 bridgehead atoms. The molecule has 0 fully saturated rings. The van der Waals surface area contributed by atoms with E-state index in [4.69, 9.17) is 5.73 Å². The largest absolute Gasteiger partial charge is 0.394 e. The number of halogens is 1. The summed E-state index contributed by atoms with van der Waals surface area (Å²) in [6, 6.07) is 8.68. The second-order valence-corrected chi connectivity index (χ2v) is 6.87. The van der Waals surface area contributed by atoms with E-state index in [0.29, 0.717) is 6.42 Å². The fraction of sp³-hybridized carbons (Fsp3) is 0.700. The highest BCUT2D eigenvalue weighted by atomic mass is 35.5. The molecule has 0 aromatic heterocycles. The van der Waals surface area contributed by atoms with Gasteiger partial charge in [0, 0.05) is 0 Å². The number of hydrogen-bond donors (Lipinski definition) is 3. The Morgan fingerprint density at radius 3 is 1.75 bits per heavy atom. The van der Waals surface area contributed by atoms with Gasteiger partial charge in [0.05, 0.1) is 18.8 Å². The third-order valence-electron chi connectivity index (χ3n) is 4.63. The molecule has 1 aromatic carbocycles. The number of rotatable bonds is 13. The van der Waals surface area contributed by atoms with Gasteiger partial charge < -0.3 is 15.9 Å². The van der Waals surface area contributed by atoms with E-state index < -0.39 is 5.54 Å². The Balaban J connectivity index is 0.00000529. The maximum absolute atomic E-state index is 9.21. The molecule has 0 aliphatic heterocycles. The molecule has 0 atom stereocenters. The van der Waals surface area contributed by atoms with Crippen LogP contribution in [-0.2, 0) is 12.8 Å². The highest BCUT2D eigenvalue weighted by Crippen LogP contribution is 2.15. The monoisotopic (exact) mass is 357 g/mol. The molecule has 1 rings (SSSR count). The van der Waals surface area contributed by atoms with Crippen molar-refractivity contribution < 1.29 is 10.2 Å². The Morgan fingerprint density at radius 1 is 0.792 bits per heavy atom. The predicted molar refractivity (Wildman–Crippen MR) is 105 cm³/mol. The summed E-state index contributed by atoms with van der Waals surface area (Å²) in [4.78, 5) is 0. The van der Waals surface area contributed by atoms with Gasteiger partial charge in [0.1, 0.15) is 0 Å². The van der Waals surface area contributed by atoms with Crippen LogP contribution in [0.2, 0.25) is 0 Å². The molecule has 0 aliphatic carbocycles. The van der Waals surface area contributed by atoms with Crippen molar-refractivity contribution in [3.8, 4) is 0 Å². The van der Waals surface area contributed by atoms with E-state index in [0.717, 1.165) is 12.8 Å². The Bertz CT molecular complexity index is 405. The highest BCUT2D eigenvalue weighted by molar-refractivity contribution is 5.85. The summed E-state index contributed by atoms with van der Waals surface area (Å²) >= 11 is 0. The fourth-order valence-electron chi connectivity index (χ4n) is 2.76. The second kappa shape index (κ2) is 13.7. The van der Waals surface area contributed by atoms with Crippen molar-refractivity contribution in [1.29, 1.82) is 0 Å². The molecule has 0 unspecified atom stereocenters. The van der Waals surface area contributed by atoms with E-state index in [1.54, 1.807) is 0 Å². The maximum Gasteiger partial charge on any atom is 0.0633 e. The minimum Gasteiger partial charge on any atom is -0.394 e. The molecular formula is C20H36ClNO2.